The molecule has 3 rings (SSSR count). The van der Waals surface area contributed by atoms with Crippen molar-refractivity contribution in [3.05, 3.63) is 35.0 Å². The fourth-order valence-electron chi connectivity index (χ4n) is 2.27. The number of methoxy groups -OCH3 is 1. The molecule has 1 N–H and O–H groups in total. The van der Waals surface area contributed by atoms with E-state index in [9.17, 15) is 4.79 Å². The van der Waals surface area contributed by atoms with Gasteiger partial charge in [0.2, 0.25) is 5.88 Å². The zero-order valence-electron chi connectivity index (χ0n) is 11.9. The van der Waals surface area contributed by atoms with Gasteiger partial charge in [-0.1, -0.05) is 0 Å². The molecule has 0 aromatic carbocycles. The third-order valence-corrected chi connectivity index (χ3v) is 3.62. The maximum atomic E-state index is 11.3. The molecule has 0 aliphatic carbocycles. The van der Waals surface area contributed by atoms with Gasteiger partial charge in [-0.25, -0.2) is 15.1 Å². The van der Waals surface area contributed by atoms with Crippen LogP contribution in [-0.4, -0.2) is 53.5 Å². The first-order valence-electron chi connectivity index (χ1n) is 6.56. The van der Waals surface area contributed by atoms with E-state index in [0.717, 1.165) is 24.6 Å². The molecule has 0 bridgehead atoms. The van der Waals surface area contributed by atoms with E-state index in [2.05, 4.69) is 30.0 Å². The Morgan fingerprint density at radius 1 is 1.38 bits per heavy atom. The molecule has 8 heteroatoms. The molecule has 0 saturated carbocycles. The molecule has 110 valence electrons. The number of aromatic nitrogens is 4. The average Bonchev–Trinajstić information content (AvgIpc) is 2.46. The number of likely N-dealkylation sites (N-methyl/N-ethyl adjacent to an activating group) is 1. The molecule has 0 radical (unpaired) electrons. The smallest absolute Gasteiger partial charge is 0.266 e. The number of H-pyrrole nitrogens is 1. The topological polar surface area (TPSA) is 87.2 Å². The molecule has 1 aliphatic rings. The SMILES string of the molecule is COc1cc(N(C)C2CN(c3cn[nH]c(=O)c3)C2)ncn1. The van der Waals surface area contributed by atoms with Crippen molar-refractivity contribution in [1.29, 1.82) is 0 Å². The van der Waals surface area contributed by atoms with Crippen LogP contribution in [0.4, 0.5) is 11.5 Å². The van der Waals surface area contributed by atoms with Crippen LogP contribution in [0, 0.1) is 0 Å². The largest absolute Gasteiger partial charge is 0.481 e. The fraction of sp³-hybridized carbons (Fsp3) is 0.385. The number of anilines is 2. The number of nitrogens with zero attached hydrogens (tertiary/aromatic N) is 5. The van der Waals surface area contributed by atoms with E-state index < -0.39 is 0 Å². The minimum absolute atomic E-state index is 0.190. The van der Waals surface area contributed by atoms with Crippen LogP contribution >= 0.6 is 0 Å². The van der Waals surface area contributed by atoms with Crippen molar-refractivity contribution in [3.8, 4) is 5.88 Å². The monoisotopic (exact) mass is 288 g/mol. The second-order valence-electron chi connectivity index (χ2n) is 4.89. The van der Waals surface area contributed by atoms with Crippen LogP contribution in [0.3, 0.4) is 0 Å². The van der Waals surface area contributed by atoms with Gasteiger partial charge < -0.3 is 14.5 Å². The lowest BCUT2D eigenvalue weighted by molar-refractivity contribution is 0.396. The van der Waals surface area contributed by atoms with Crippen molar-refractivity contribution in [1.82, 2.24) is 20.2 Å². The molecular formula is C13H16N6O2. The Bertz CT molecular complexity index is 682. The molecule has 2 aromatic heterocycles. The van der Waals surface area contributed by atoms with Crippen LogP contribution in [0.15, 0.2) is 29.5 Å². The minimum atomic E-state index is -0.190. The van der Waals surface area contributed by atoms with Crippen LogP contribution in [-0.2, 0) is 0 Å². The van der Waals surface area contributed by atoms with Gasteiger partial charge in [0.15, 0.2) is 0 Å². The third-order valence-electron chi connectivity index (χ3n) is 3.62. The quantitative estimate of drug-likeness (QED) is 0.840. The Hall–Kier alpha value is -2.64. The summed E-state index contributed by atoms with van der Waals surface area (Å²) in [6.07, 6.45) is 3.15. The highest BCUT2D eigenvalue weighted by molar-refractivity contribution is 5.50. The van der Waals surface area contributed by atoms with Crippen molar-refractivity contribution >= 4 is 11.5 Å². The molecular weight excluding hydrogens is 272 g/mol. The van der Waals surface area contributed by atoms with E-state index in [-0.39, 0.29) is 5.56 Å². The molecule has 0 amide bonds. The highest BCUT2D eigenvalue weighted by Gasteiger charge is 2.31. The molecule has 1 aliphatic heterocycles. The molecule has 1 saturated heterocycles. The standard InChI is InChI=1S/C13H16N6O2/c1-18(11-4-13(21-2)15-8-14-11)10-6-19(7-10)9-3-12(20)17-16-5-9/h3-5,8,10H,6-7H2,1-2H3,(H,17,20). The Labute approximate surface area is 121 Å². The van der Waals surface area contributed by atoms with Gasteiger partial charge in [-0.2, -0.15) is 5.10 Å². The van der Waals surface area contributed by atoms with Gasteiger partial charge in [0.05, 0.1) is 25.0 Å². The molecule has 8 nitrogen and oxygen atoms in total. The zero-order valence-corrected chi connectivity index (χ0v) is 11.9. The van der Waals surface area contributed by atoms with Crippen LogP contribution in [0.25, 0.3) is 0 Å². The molecule has 2 aromatic rings. The van der Waals surface area contributed by atoms with Crippen molar-refractivity contribution in [3.63, 3.8) is 0 Å². The number of hydrogen-bond acceptors (Lipinski definition) is 7. The van der Waals surface area contributed by atoms with E-state index in [4.69, 9.17) is 4.74 Å². The van der Waals surface area contributed by atoms with Crippen molar-refractivity contribution in [2.75, 3.05) is 37.0 Å². The van der Waals surface area contributed by atoms with Crippen molar-refractivity contribution in [2.24, 2.45) is 0 Å². The van der Waals surface area contributed by atoms with Gasteiger partial charge in [-0.05, 0) is 0 Å². The van der Waals surface area contributed by atoms with Gasteiger partial charge in [-0.3, -0.25) is 4.79 Å². The van der Waals surface area contributed by atoms with E-state index >= 15 is 0 Å². The molecule has 3 heterocycles. The highest BCUT2D eigenvalue weighted by Crippen LogP contribution is 2.24. The summed E-state index contributed by atoms with van der Waals surface area (Å²) < 4.78 is 5.11. The van der Waals surface area contributed by atoms with E-state index in [1.807, 2.05) is 7.05 Å². The molecule has 21 heavy (non-hydrogen) atoms. The van der Waals surface area contributed by atoms with E-state index in [0.29, 0.717) is 11.9 Å². The summed E-state index contributed by atoms with van der Waals surface area (Å²) in [6.45, 7) is 1.63. The second kappa shape index (κ2) is 5.39. The summed E-state index contributed by atoms with van der Waals surface area (Å²) >= 11 is 0. The number of rotatable bonds is 4. The summed E-state index contributed by atoms with van der Waals surface area (Å²) in [5, 5.41) is 6.18. The first-order valence-corrected chi connectivity index (χ1v) is 6.56. The van der Waals surface area contributed by atoms with Gasteiger partial charge in [0.1, 0.15) is 12.1 Å². The lowest BCUT2D eigenvalue weighted by atomic mass is 10.1. The van der Waals surface area contributed by atoms with Gasteiger partial charge >= 0.3 is 0 Å². The Morgan fingerprint density at radius 2 is 2.19 bits per heavy atom. The molecule has 0 spiro atoms. The average molecular weight is 288 g/mol. The Kier molecular flexibility index (Phi) is 3.43. The predicted octanol–water partition coefficient (Wildman–Crippen LogP) is -0.107. The Morgan fingerprint density at radius 3 is 2.90 bits per heavy atom. The van der Waals surface area contributed by atoms with Crippen molar-refractivity contribution < 1.29 is 4.74 Å². The summed E-state index contributed by atoms with van der Waals surface area (Å²) in [6, 6.07) is 3.68. The third kappa shape index (κ3) is 2.64. The van der Waals surface area contributed by atoms with Crippen molar-refractivity contribution in [2.45, 2.75) is 6.04 Å². The fourth-order valence-corrected chi connectivity index (χ4v) is 2.27. The lowest BCUT2D eigenvalue weighted by Gasteiger charge is -2.45. The number of aromatic amines is 1. The highest BCUT2D eigenvalue weighted by atomic mass is 16.5. The Balaban J connectivity index is 1.66. The van der Waals surface area contributed by atoms with Crippen LogP contribution < -0.4 is 20.1 Å². The summed E-state index contributed by atoms with van der Waals surface area (Å²) in [4.78, 5) is 23.7. The number of ether oxygens (including phenoxy) is 1. The maximum absolute atomic E-state index is 11.3. The summed E-state index contributed by atoms with van der Waals surface area (Å²) in [5.74, 6) is 1.36. The lowest BCUT2D eigenvalue weighted by Crippen LogP contribution is -2.59. The molecule has 0 atom stereocenters. The second-order valence-corrected chi connectivity index (χ2v) is 4.89. The normalized spacial score (nSPS) is 14.7. The van der Waals surface area contributed by atoms with Crippen LogP contribution in [0.5, 0.6) is 5.88 Å². The van der Waals surface area contributed by atoms with Gasteiger partial charge in [0, 0.05) is 32.3 Å². The number of nitrogens with one attached hydrogen (secondary N) is 1. The zero-order chi connectivity index (χ0) is 14.8. The first-order chi connectivity index (χ1) is 10.2. The van der Waals surface area contributed by atoms with Crippen LogP contribution in [0.1, 0.15) is 0 Å². The first kappa shape index (κ1) is 13.3. The number of hydrogen-bond donors (Lipinski definition) is 1. The summed E-state index contributed by atoms with van der Waals surface area (Å²) in [7, 11) is 3.57. The molecule has 0 unspecified atom stereocenters. The maximum Gasteiger partial charge on any atom is 0.266 e. The molecule has 1 fully saturated rings. The van der Waals surface area contributed by atoms with Gasteiger partial charge in [-0.15, -0.1) is 0 Å². The predicted molar refractivity (Wildman–Crippen MR) is 77.8 cm³/mol. The van der Waals surface area contributed by atoms with E-state index in [1.165, 1.54) is 6.33 Å². The van der Waals surface area contributed by atoms with Gasteiger partial charge in [0.25, 0.3) is 5.56 Å². The van der Waals surface area contributed by atoms with Crippen LogP contribution in [0.2, 0.25) is 0 Å². The van der Waals surface area contributed by atoms with E-state index in [1.54, 1.807) is 25.4 Å². The summed E-state index contributed by atoms with van der Waals surface area (Å²) in [5.41, 5.74) is 0.647. The minimum Gasteiger partial charge on any atom is -0.481 e.